The summed E-state index contributed by atoms with van der Waals surface area (Å²) >= 11 is 0. The summed E-state index contributed by atoms with van der Waals surface area (Å²) in [7, 11) is 1.58. The number of amides is 1. The number of halogens is 3. The lowest BCUT2D eigenvalue weighted by molar-refractivity contribution is -0.217. The van der Waals surface area contributed by atoms with E-state index in [9.17, 15) is 22.8 Å². The Hall–Kier alpha value is -2.93. The number of ether oxygens (including phenoxy) is 5. The molecule has 9 nitrogen and oxygen atoms in total. The fraction of sp³-hybridized carbons (Fsp3) is 0.478. The van der Waals surface area contributed by atoms with E-state index in [1.807, 2.05) is 6.92 Å². The first-order valence-corrected chi connectivity index (χ1v) is 10.7. The van der Waals surface area contributed by atoms with E-state index < -0.39 is 34.5 Å². The number of aromatic nitrogens is 1. The molecule has 0 spiro atoms. The molecule has 0 aliphatic carbocycles. The van der Waals surface area contributed by atoms with Gasteiger partial charge in [-0.3, -0.25) is 9.59 Å². The zero-order valence-corrected chi connectivity index (χ0v) is 19.3. The van der Waals surface area contributed by atoms with Crippen LogP contribution in [0.1, 0.15) is 23.0 Å². The highest BCUT2D eigenvalue weighted by Gasteiger charge is 2.36. The summed E-state index contributed by atoms with van der Waals surface area (Å²) in [6.45, 7) is 3.89. The molecule has 1 aromatic heterocycles. The Morgan fingerprint density at radius 1 is 1.26 bits per heavy atom. The molecule has 0 unspecified atom stereocenters. The van der Waals surface area contributed by atoms with Crippen LogP contribution in [0.5, 0.6) is 5.75 Å². The maximum atomic E-state index is 13.5. The molecular weight excluding hydrogens is 473 g/mol. The van der Waals surface area contributed by atoms with E-state index in [1.54, 1.807) is 12.1 Å². The van der Waals surface area contributed by atoms with Crippen LogP contribution >= 0.6 is 0 Å². The zero-order chi connectivity index (χ0) is 25.6. The third-order valence-corrected chi connectivity index (χ3v) is 5.19. The molecule has 3 rings (SSSR count). The Labute approximate surface area is 199 Å². The van der Waals surface area contributed by atoms with Crippen molar-refractivity contribution in [2.75, 3.05) is 46.8 Å². The van der Waals surface area contributed by atoms with Gasteiger partial charge in [0.1, 0.15) is 35.3 Å². The molecule has 0 radical (unpaired) electrons. The van der Waals surface area contributed by atoms with Gasteiger partial charge in [0.05, 0.1) is 33.0 Å². The summed E-state index contributed by atoms with van der Waals surface area (Å²) in [6.07, 6.45) is -5.23. The number of benzene rings is 1. The maximum Gasteiger partial charge on any atom is 0.431 e. The molecule has 2 atom stereocenters. The highest BCUT2D eigenvalue weighted by atomic mass is 19.4. The van der Waals surface area contributed by atoms with Crippen LogP contribution in [-0.2, 0) is 25.1 Å². The number of pyridine rings is 1. The number of aromatic amines is 1. The quantitative estimate of drug-likeness (QED) is 0.481. The molecule has 35 heavy (non-hydrogen) atoms. The predicted octanol–water partition coefficient (Wildman–Crippen LogP) is 2.38. The molecular formula is C23H27F3N2O7. The minimum Gasteiger partial charge on any atom is -0.491 e. The average Bonchev–Trinajstić information content (AvgIpc) is 2.80. The smallest absolute Gasteiger partial charge is 0.431 e. The summed E-state index contributed by atoms with van der Waals surface area (Å²) in [5.41, 5.74) is 1.14. The van der Waals surface area contributed by atoms with E-state index in [4.69, 9.17) is 29.4 Å². The van der Waals surface area contributed by atoms with Gasteiger partial charge in [-0.15, -0.1) is 0 Å². The summed E-state index contributed by atoms with van der Waals surface area (Å²) in [5, 5.41) is 0. The fourth-order valence-corrected chi connectivity index (χ4v) is 3.55. The van der Waals surface area contributed by atoms with Gasteiger partial charge >= 0.3 is 6.18 Å². The Morgan fingerprint density at radius 2 is 1.97 bits per heavy atom. The van der Waals surface area contributed by atoms with Gasteiger partial charge in [0.2, 0.25) is 0 Å². The molecule has 3 N–H and O–H groups in total. The third kappa shape index (κ3) is 7.04. The minimum absolute atomic E-state index is 0.112. The highest BCUT2D eigenvalue weighted by Crippen LogP contribution is 2.35. The molecule has 1 aliphatic rings. The monoisotopic (exact) mass is 500 g/mol. The lowest BCUT2D eigenvalue weighted by Crippen LogP contribution is -2.50. The summed E-state index contributed by atoms with van der Waals surface area (Å²) < 4.78 is 68.3. The van der Waals surface area contributed by atoms with Crippen LogP contribution in [0.2, 0.25) is 0 Å². The number of methoxy groups -OCH3 is 1. The van der Waals surface area contributed by atoms with Gasteiger partial charge < -0.3 is 34.4 Å². The number of rotatable bonds is 10. The fourth-order valence-electron chi connectivity index (χ4n) is 3.55. The number of hydrogen-bond donors (Lipinski definition) is 2. The third-order valence-electron chi connectivity index (χ3n) is 5.19. The van der Waals surface area contributed by atoms with Crippen LogP contribution in [-0.4, -0.2) is 69.3 Å². The van der Waals surface area contributed by atoms with Gasteiger partial charge in [0.25, 0.3) is 11.5 Å². The molecule has 2 aromatic rings. The first-order chi connectivity index (χ1) is 16.5. The second-order valence-electron chi connectivity index (χ2n) is 8.25. The van der Waals surface area contributed by atoms with Crippen molar-refractivity contribution in [1.29, 1.82) is 0 Å². The number of nitrogens with one attached hydrogen (secondary N) is 1. The van der Waals surface area contributed by atoms with Crippen LogP contribution in [0.3, 0.4) is 0 Å². The molecule has 192 valence electrons. The topological polar surface area (TPSA) is 122 Å². The highest BCUT2D eigenvalue weighted by molar-refractivity contribution is 5.94. The molecule has 1 saturated heterocycles. The van der Waals surface area contributed by atoms with Crippen molar-refractivity contribution >= 4 is 5.91 Å². The average molecular weight is 500 g/mol. The molecule has 1 aliphatic heterocycles. The van der Waals surface area contributed by atoms with Gasteiger partial charge in [-0.2, -0.15) is 13.2 Å². The van der Waals surface area contributed by atoms with Crippen molar-refractivity contribution in [3.05, 3.63) is 51.9 Å². The van der Waals surface area contributed by atoms with Crippen molar-refractivity contribution in [2.24, 2.45) is 5.73 Å². The standard InChI is InChI=1S/C23H27F3N2O7/c1-22(12-32-8-7-31-2)13-33-10-16(35-22)11-34-15-5-3-14(4-6-15)17-9-18(20(27)29)21(30)28-19(17)23(24,25)26/h3-6,9,16H,7-8,10-13H2,1-2H3,(H2,27,29)(H,28,30)/t16-,22-/m0/s1. The Bertz CT molecular complexity index is 1070. The summed E-state index contributed by atoms with van der Waals surface area (Å²) in [6, 6.07) is 6.55. The van der Waals surface area contributed by atoms with Gasteiger partial charge in [-0.1, -0.05) is 12.1 Å². The largest absolute Gasteiger partial charge is 0.491 e. The van der Waals surface area contributed by atoms with Gasteiger partial charge in [0.15, 0.2) is 0 Å². The van der Waals surface area contributed by atoms with E-state index in [0.717, 1.165) is 6.07 Å². The van der Waals surface area contributed by atoms with Crippen molar-refractivity contribution in [3.63, 3.8) is 0 Å². The van der Waals surface area contributed by atoms with Crippen LogP contribution in [0.25, 0.3) is 11.1 Å². The van der Waals surface area contributed by atoms with E-state index in [-0.39, 0.29) is 23.8 Å². The molecule has 0 saturated carbocycles. The van der Waals surface area contributed by atoms with Crippen LogP contribution in [0.4, 0.5) is 13.2 Å². The second-order valence-corrected chi connectivity index (χ2v) is 8.25. The number of H-pyrrole nitrogens is 1. The van der Waals surface area contributed by atoms with Gasteiger partial charge in [-0.25, -0.2) is 0 Å². The Kier molecular flexibility index (Phi) is 8.54. The van der Waals surface area contributed by atoms with Crippen LogP contribution in [0, 0.1) is 0 Å². The molecule has 0 bridgehead atoms. The van der Waals surface area contributed by atoms with Crippen LogP contribution < -0.4 is 16.0 Å². The van der Waals surface area contributed by atoms with E-state index in [1.165, 1.54) is 24.3 Å². The lowest BCUT2D eigenvalue weighted by Gasteiger charge is -2.38. The molecule has 1 amide bonds. The molecule has 1 fully saturated rings. The maximum absolute atomic E-state index is 13.5. The number of carbonyl (C=O) groups excluding carboxylic acids is 1. The summed E-state index contributed by atoms with van der Waals surface area (Å²) in [5.74, 6) is -0.749. The number of primary amides is 1. The lowest BCUT2D eigenvalue weighted by atomic mass is 10.0. The number of alkyl halides is 3. The minimum atomic E-state index is -4.85. The molecule has 2 heterocycles. The molecule has 1 aromatic carbocycles. The van der Waals surface area contributed by atoms with Crippen LogP contribution in [0.15, 0.2) is 35.1 Å². The van der Waals surface area contributed by atoms with E-state index in [0.29, 0.717) is 38.8 Å². The van der Waals surface area contributed by atoms with Crippen molar-refractivity contribution < 1.29 is 41.7 Å². The first-order valence-electron chi connectivity index (χ1n) is 10.7. The predicted molar refractivity (Wildman–Crippen MR) is 118 cm³/mol. The Morgan fingerprint density at radius 3 is 2.60 bits per heavy atom. The van der Waals surface area contributed by atoms with Crippen molar-refractivity contribution in [2.45, 2.75) is 24.8 Å². The first kappa shape index (κ1) is 26.7. The SMILES string of the molecule is COCCOC[C@@]1(C)COC[C@@H](COc2ccc(-c3cc(C(N)=O)c(=O)[nH]c3C(F)(F)F)cc2)O1. The van der Waals surface area contributed by atoms with Gasteiger partial charge in [0, 0.05) is 12.7 Å². The van der Waals surface area contributed by atoms with E-state index in [2.05, 4.69) is 0 Å². The number of carbonyl (C=O) groups is 1. The van der Waals surface area contributed by atoms with Crippen molar-refractivity contribution in [1.82, 2.24) is 4.98 Å². The summed E-state index contributed by atoms with van der Waals surface area (Å²) in [4.78, 5) is 25.0. The van der Waals surface area contributed by atoms with Gasteiger partial charge in [-0.05, 0) is 30.7 Å². The molecule has 12 heteroatoms. The number of nitrogens with two attached hydrogens (primary N) is 1. The normalized spacial score (nSPS) is 20.5. The van der Waals surface area contributed by atoms with E-state index >= 15 is 0 Å². The second kappa shape index (κ2) is 11.2. The van der Waals surface area contributed by atoms with Crippen molar-refractivity contribution in [3.8, 4) is 16.9 Å². The number of hydrogen-bond acceptors (Lipinski definition) is 7. The zero-order valence-electron chi connectivity index (χ0n) is 19.3. The Balaban J connectivity index is 1.68.